The van der Waals surface area contributed by atoms with Crippen LogP contribution in [0.4, 0.5) is 0 Å². The van der Waals surface area contributed by atoms with Gasteiger partial charge < -0.3 is 0 Å². The van der Waals surface area contributed by atoms with E-state index in [4.69, 9.17) is 0 Å². The highest BCUT2D eigenvalue weighted by atomic mass is 14.3. The van der Waals surface area contributed by atoms with E-state index in [1.54, 1.807) is 5.57 Å². The molecule has 0 rings (SSSR count). The molecule has 0 aliphatic carbocycles. The Hall–Kier alpha value is -0.260. The summed E-state index contributed by atoms with van der Waals surface area (Å²) in [5.41, 5.74) is 2.32. The van der Waals surface area contributed by atoms with Crippen molar-refractivity contribution in [2.75, 3.05) is 0 Å². The third kappa shape index (κ3) is 11.1. The molecular weight excluding hydrogens is 300 g/mol. The van der Waals surface area contributed by atoms with Gasteiger partial charge in [-0.2, -0.15) is 0 Å². The molecule has 0 saturated heterocycles. The maximum Gasteiger partial charge on any atom is -0.0204 e. The fourth-order valence-electron chi connectivity index (χ4n) is 4.49. The Bertz CT molecular complexity index is 338. The van der Waals surface area contributed by atoms with Gasteiger partial charge in [-0.05, 0) is 68.6 Å². The summed E-state index contributed by atoms with van der Waals surface area (Å²) in [6.45, 7) is 19.0. The molecular formula is C25H50. The van der Waals surface area contributed by atoms with E-state index in [0.717, 1.165) is 17.8 Å². The lowest BCUT2D eigenvalue weighted by molar-refractivity contribution is 0.241. The molecule has 0 aromatic rings. The van der Waals surface area contributed by atoms with Crippen molar-refractivity contribution in [3.63, 3.8) is 0 Å². The molecule has 150 valence electrons. The van der Waals surface area contributed by atoms with Crippen molar-refractivity contribution in [3.05, 3.63) is 11.6 Å². The van der Waals surface area contributed by atoms with Crippen molar-refractivity contribution >= 4 is 0 Å². The molecule has 25 heavy (non-hydrogen) atoms. The van der Waals surface area contributed by atoms with Crippen LogP contribution in [-0.4, -0.2) is 0 Å². The molecule has 0 heterocycles. The lowest BCUT2D eigenvalue weighted by atomic mass is 9.77. The topological polar surface area (TPSA) is 0 Å². The number of hydrogen-bond donors (Lipinski definition) is 0. The smallest absolute Gasteiger partial charge is 0.0204 e. The summed E-state index contributed by atoms with van der Waals surface area (Å²) in [5.74, 6) is 2.53. The van der Waals surface area contributed by atoms with Gasteiger partial charge in [0.15, 0.2) is 0 Å². The zero-order valence-electron chi connectivity index (χ0n) is 19.1. The summed E-state index contributed by atoms with van der Waals surface area (Å²) in [6, 6.07) is 0. The van der Waals surface area contributed by atoms with Crippen molar-refractivity contribution in [3.8, 4) is 0 Å². The van der Waals surface area contributed by atoms with E-state index >= 15 is 0 Å². The first kappa shape index (κ1) is 24.7. The van der Waals surface area contributed by atoms with E-state index in [-0.39, 0.29) is 0 Å². The van der Waals surface area contributed by atoms with Crippen LogP contribution < -0.4 is 0 Å². The SMILES string of the molecule is CC=C(CCCC(C)CCCC(C)(CC)CCC)C(CC)CC(C)C. The molecule has 0 bridgehead atoms. The Morgan fingerprint density at radius 3 is 2.08 bits per heavy atom. The Balaban J connectivity index is 4.14. The summed E-state index contributed by atoms with van der Waals surface area (Å²) < 4.78 is 0. The Morgan fingerprint density at radius 2 is 1.60 bits per heavy atom. The fourth-order valence-corrected chi connectivity index (χ4v) is 4.49. The zero-order chi connectivity index (χ0) is 19.3. The molecule has 0 radical (unpaired) electrons. The Kier molecular flexibility index (Phi) is 13.7. The minimum atomic E-state index is 0.595. The minimum absolute atomic E-state index is 0.595. The molecule has 0 fully saturated rings. The van der Waals surface area contributed by atoms with Gasteiger partial charge in [0.25, 0.3) is 0 Å². The van der Waals surface area contributed by atoms with Gasteiger partial charge in [-0.25, -0.2) is 0 Å². The van der Waals surface area contributed by atoms with Gasteiger partial charge in [0.1, 0.15) is 0 Å². The van der Waals surface area contributed by atoms with Crippen molar-refractivity contribution < 1.29 is 0 Å². The van der Waals surface area contributed by atoms with Crippen molar-refractivity contribution in [2.24, 2.45) is 23.2 Å². The summed E-state index contributed by atoms with van der Waals surface area (Å²) in [5, 5.41) is 0. The number of allylic oxidation sites excluding steroid dienone is 2. The quantitative estimate of drug-likeness (QED) is 0.258. The molecule has 0 aliphatic rings. The van der Waals surface area contributed by atoms with Crippen molar-refractivity contribution in [1.82, 2.24) is 0 Å². The highest BCUT2D eigenvalue weighted by Gasteiger charge is 2.20. The first-order valence-electron chi connectivity index (χ1n) is 11.5. The molecule has 3 unspecified atom stereocenters. The van der Waals surface area contributed by atoms with Crippen LogP contribution in [0.2, 0.25) is 0 Å². The van der Waals surface area contributed by atoms with Crippen LogP contribution in [-0.2, 0) is 0 Å². The second-order valence-electron chi connectivity index (χ2n) is 9.40. The van der Waals surface area contributed by atoms with E-state index < -0.39 is 0 Å². The van der Waals surface area contributed by atoms with Crippen LogP contribution in [0, 0.1) is 23.2 Å². The van der Waals surface area contributed by atoms with Gasteiger partial charge in [0.2, 0.25) is 0 Å². The monoisotopic (exact) mass is 350 g/mol. The maximum absolute atomic E-state index is 2.50. The summed E-state index contributed by atoms with van der Waals surface area (Å²) in [7, 11) is 0. The number of rotatable bonds is 15. The minimum Gasteiger partial charge on any atom is -0.0882 e. The highest BCUT2D eigenvalue weighted by molar-refractivity contribution is 5.05. The van der Waals surface area contributed by atoms with Crippen LogP contribution >= 0.6 is 0 Å². The van der Waals surface area contributed by atoms with Gasteiger partial charge in [0, 0.05) is 0 Å². The lowest BCUT2D eigenvalue weighted by Crippen LogP contribution is -2.15. The third-order valence-corrected chi connectivity index (χ3v) is 6.49. The zero-order valence-corrected chi connectivity index (χ0v) is 19.1. The average molecular weight is 351 g/mol. The standard InChI is InChI=1S/C25H50/c1-9-18-25(8,12-4)19-14-16-22(7)15-13-17-23(10-2)24(11-3)20-21(5)6/h10,21-22,24H,9,11-20H2,1-8H3. The van der Waals surface area contributed by atoms with Crippen LogP contribution in [0.1, 0.15) is 126 Å². The van der Waals surface area contributed by atoms with Gasteiger partial charge in [-0.15, -0.1) is 0 Å². The predicted octanol–water partition coefficient (Wildman–Crippen LogP) is 9.20. The van der Waals surface area contributed by atoms with E-state index in [1.165, 1.54) is 70.6 Å². The van der Waals surface area contributed by atoms with E-state index in [9.17, 15) is 0 Å². The lowest BCUT2D eigenvalue weighted by Gasteiger charge is -2.28. The second kappa shape index (κ2) is 13.9. The second-order valence-corrected chi connectivity index (χ2v) is 9.40. The first-order valence-corrected chi connectivity index (χ1v) is 11.5. The van der Waals surface area contributed by atoms with Gasteiger partial charge >= 0.3 is 0 Å². The molecule has 0 spiro atoms. The van der Waals surface area contributed by atoms with Gasteiger partial charge in [0.05, 0.1) is 0 Å². The van der Waals surface area contributed by atoms with Crippen LogP contribution in [0.5, 0.6) is 0 Å². The Morgan fingerprint density at radius 1 is 0.960 bits per heavy atom. The molecule has 0 N–H and O–H groups in total. The summed E-state index contributed by atoms with van der Waals surface area (Å²) in [6.07, 6.45) is 17.6. The molecule has 3 atom stereocenters. The third-order valence-electron chi connectivity index (χ3n) is 6.49. The van der Waals surface area contributed by atoms with Crippen molar-refractivity contribution in [1.29, 1.82) is 0 Å². The number of hydrogen-bond acceptors (Lipinski definition) is 0. The van der Waals surface area contributed by atoms with Crippen molar-refractivity contribution in [2.45, 2.75) is 126 Å². The van der Waals surface area contributed by atoms with E-state index in [0.29, 0.717) is 5.41 Å². The summed E-state index contributed by atoms with van der Waals surface area (Å²) in [4.78, 5) is 0. The normalized spacial score (nSPS) is 17.6. The fraction of sp³-hybridized carbons (Fsp3) is 0.920. The van der Waals surface area contributed by atoms with Crippen LogP contribution in [0.15, 0.2) is 11.6 Å². The molecule has 0 nitrogen and oxygen atoms in total. The molecule has 0 amide bonds. The predicted molar refractivity (Wildman–Crippen MR) is 117 cm³/mol. The molecule has 0 aliphatic heterocycles. The molecule has 0 aromatic heterocycles. The van der Waals surface area contributed by atoms with Gasteiger partial charge in [-0.1, -0.05) is 92.2 Å². The van der Waals surface area contributed by atoms with Crippen LogP contribution in [0.25, 0.3) is 0 Å². The molecule has 0 heteroatoms. The molecule has 0 saturated carbocycles. The largest absolute Gasteiger partial charge is 0.0882 e. The van der Waals surface area contributed by atoms with Gasteiger partial charge in [-0.3, -0.25) is 0 Å². The summed E-state index contributed by atoms with van der Waals surface area (Å²) >= 11 is 0. The highest BCUT2D eigenvalue weighted by Crippen LogP contribution is 2.34. The van der Waals surface area contributed by atoms with E-state index in [2.05, 4.69) is 61.5 Å². The van der Waals surface area contributed by atoms with Crippen LogP contribution in [0.3, 0.4) is 0 Å². The molecule has 0 aromatic carbocycles. The first-order chi connectivity index (χ1) is 11.8. The maximum atomic E-state index is 2.50. The Labute approximate surface area is 161 Å². The van der Waals surface area contributed by atoms with E-state index in [1.807, 2.05) is 0 Å². The average Bonchev–Trinajstić information content (AvgIpc) is 2.57.